The van der Waals surface area contributed by atoms with Crippen LogP contribution in [0, 0.1) is 6.92 Å². The molecule has 0 fully saturated rings. The summed E-state index contributed by atoms with van der Waals surface area (Å²) in [5.41, 5.74) is 0.983. The minimum absolute atomic E-state index is 0.00349. The summed E-state index contributed by atoms with van der Waals surface area (Å²) >= 11 is 7.49. The SMILES string of the molecule is CCn1c(SC(C)c2nc(C)no2)nnc1-c1ccc(Cl)cc1. The number of halogens is 1. The molecular formula is C15H16ClN5OS. The van der Waals surface area contributed by atoms with Crippen molar-refractivity contribution in [3.8, 4) is 11.4 Å². The predicted octanol–water partition coefficient (Wildman–Crippen LogP) is 4.16. The highest BCUT2D eigenvalue weighted by Gasteiger charge is 2.20. The molecule has 2 aromatic heterocycles. The molecule has 1 aromatic carbocycles. The van der Waals surface area contributed by atoms with E-state index in [0.717, 1.165) is 23.1 Å². The van der Waals surface area contributed by atoms with Gasteiger partial charge in [-0.3, -0.25) is 0 Å². The van der Waals surface area contributed by atoms with Crippen LogP contribution in [0.4, 0.5) is 0 Å². The molecule has 1 unspecified atom stereocenters. The fourth-order valence-corrected chi connectivity index (χ4v) is 3.23. The maximum absolute atomic E-state index is 5.95. The highest BCUT2D eigenvalue weighted by atomic mass is 35.5. The van der Waals surface area contributed by atoms with Crippen molar-refractivity contribution in [2.75, 3.05) is 0 Å². The zero-order chi connectivity index (χ0) is 16.4. The fourth-order valence-electron chi connectivity index (χ4n) is 2.16. The van der Waals surface area contributed by atoms with E-state index in [-0.39, 0.29) is 5.25 Å². The average Bonchev–Trinajstić information content (AvgIpc) is 3.14. The number of aryl methyl sites for hydroxylation is 1. The van der Waals surface area contributed by atoms with Gasteiger partial charge in [0.2, 0.25) is 5.89 Å². The first kappa shape index (κ1) is 16.0. The summed E-state index contributed by atoms with van der Waals surface area (Å²) in [6, 6.07) is 7.58. The van der Waals surface area contributed by atoms with Gasteiger partial charge in [-0.2, -0.15) is 4.98 Å². The molecular weight excluding hydrogens is 334 g/mol. The normalized spacial score (nSPS) is 12.5. The van der Waals surface area contributed by atoms with Crippen molar-refractivity contribution in [2.24, 2.45) is 0 Å². The Bertz CT molecular complexity index is 799. The van der Waals surface area contributed by atoms with Crippen LogP contribution in [0.25, 0.3) is 11.4 Å². The van der Waals surface area contributed by atoms with E-state index in [4.69, 9.17) is 16.1 Å². The van der Waals surface area contributed by atoms with Gasteiger partial charge >= 0.3 is 0 Å². The second kappa shape index (κ2) is 6.72. The van der Waals surface area contributed by atoms with E-state index >= 15 is 0 Å². The highest BCUT2D eigenvalue weighted by molar-refractivity contribution is 7.99. The minimum atomic E-state index is 0.00349. The molecule has 0 spiro atoms. The van der Waals surface area contributed by atoms with Crippen LogP contribution in [-0.2, 0) is 6.54 Å². The number of benzene rings is 1. The Morgan fingerprint density at radius 2 is 2.00 bits per heavy atom. The summed E-state index contributed by atoms with van der Waals surface area (Å²) < 4.78 is 7.29. The molecule has 8 heteroatoms. The van der Waals surface area contributed by atoms with Crippen LogP contribution >= 0.6 is 23.4 Å². The maximum atomic E-state index is 5.95. The molecule has 6 nitrogen and oxygen atoms in total. The predicted molar refractivity (Wildman–Crippen MR) is 89.4 cm³/mol. The van der Waals surface area contributed by atoms with Crippen LogP contribution < -0.4 is 0 Å². The quantitative estimate of drug-likeness (QED) is 0.644. The molecule has 23 heavy (non-hydrogen) atoms. The number of aromatic nitrogens is 5. The van der Waals surface area contributed by atoms with E-state index in [2.05, 4.69) is 31.8 Å². The third-order valence-electron chi connectivity index (χ3n) is 3.31. The third kappa shape index (κ3) is 3.40. The number of rotatable bonds is 5. The number of thioether (sulfide) groups is 1. The fraction of sp³-hybridized carbons (Fsp3) is 0.333. The molecule has 0 aliphatic heterocycles. The molecule has 3 aromatic rings. The Kier molecular flexibility index (Phi) is 4.68. The molecule has 2 heterocycles. The number of hydrogen-bond acceptors (Lipinski definition) is 6. The van der Waals surface area contributed by atoms with Crippen molar-refractivity contribution in [1.82, 2.24) is 24.9 Å². The van der Waals surface area contributed by atoms with Crippen LogP contribution in [0.5, 0.6) is 0 Å². The molecule has 3 rings (SSSR count). The monoisotopic (exact) mass is 349 g/mol. The first-order valence-corrected chi connectivity index (χ1v) is 8.50. The number of hydrogen-bond donors (Lipinski definition) is 0. The van der Waals surface area contributed by atoms with Gasteiger partial charge in [0.25, 0.3) is 0 Å². The Morgan fingerprint density at radius 1 is 1.26 bits per heavy atom. The van der Waals surface area contributed by atoms with Crippen molar-refractivity contribution >= 4 is 23.4 Å². The van der Waals surface area contributed by atoms with Crippen LogP contribution in [0.3, 0.4) is 0 Å². The second-order valence-electron chi connectivity index (χ2n) is 5.00. The van der Waals surface area contributed by atoms with Crippen LogP contribution in [0.2, 0.25) is 5.02 Å². The van der Waals surface area contributed by atoms with E-state index in [1.807, 2.05) is 31.2 Å². The smallest absolute Gasteiger partial charge is 0.239 e. The summed E-state index contributed by atoms with van der Waals surface area (Å²) in [6.07, 6.45) is 0. The lowest BCUT2D eigenvalue weighted by Gasteiger charge is -2.09. The molecule has 0 N–H and O–H groups in total. The minimum Gasteiger partial charge on any atom is -0.338 e. The second-order valence-corrected chi connectivity index (χ2v) is 6.74. The Balaban J connectivity index is 1.87. The zero-order valence-electron chi connectivity index (χ0n) is 13.0. The van der Waals surface area contributed by atoms with Crippen molar-refractivity contribution < 1.29 is 4.52 Å². The van der Waals surface area contributed by atoms with Gasteiger partial charge in [0.05, 0.1) is 5.25 Å². The van der Waals surface area contributed by atoms with Gasteiger partial charge < -0.3 is 9.09 Å². The van der Waals surface area contributed by atoms with Crippen LogP contribution in [0.15, 0.2) is 33.9 Å². The molecule has 1 atom stereocenters. The van der Waals surface area contributed by atoms with Gasteiger partial charge in [-0.15, -0.1) is 10.2 Å². The summed E-state index contributed by atoms with van der Waals surface area (Å²) in [7, 11) is 0. The summed E-state index contributed by atoms with van der Waals surface area (Å²) in [5.74, 6) is 2.04. The molecule has 0 saturated heterocycles. The van der Waals surface area contributed by atoms with Gasteiger partial charge in [0, 0.05) is 17.1 Å². The van der Waals surface area contributed by atoms with Gasteiger partial charge in [-0.1, -0.05) is 28.5 Å². The molecule has 0 aliphatic carbocycles. The van der Waals surface area contributed by atoms with E-state index in [0.29, 0.717) is 16.7 Å². The van der Waals surface area contributed by atoms with Gasteiger partial charge in [0.1, 0.15) is 0 Å². The lowest BCUT2D eigenvalue weighted by Crippen LogP contribution is -2.01. The average molecular weight is 350 g/mol. The topological polar surface area (TPSA) is 69.6 Å². The molecule has 120 valence electrons. The summed E-state index contributed by atoms with van der Waals surface area (Å²) in [5, 5.41) is 14.0. The highest BCUT2D eigenvalue weighted by Crippen LogP contribution is 2.34. The summed E-state index contributed by atoms with van der Waals surface area (Å²) in [4.78, 5) is 4.27. The van der Waals surface area contributed by atoms with Crippen molar-refractivity contribution in [3.63, 3.8) is 0 Å². The standard InChI is InChI=1S/C15H16ClN5OS/c1-4-21-13(11-5-7-12(16)8-6-11)18-19-15(21)23-9(2)14-17-10(3)20-22-14/h5-9H,4H2,1-3H3. The van der Waals surface area contributed by atoms with Gasteiger partial charge in [0.15, 0.2) is 16.8 Å². The molecule has 0 saturated carbocycles. The van der Waals surface area contributed by atoms with Crippen molar-refractivity contribution in [1.29, 1.82) is 0 Å². The largest absolute Gasteiger partial charge is 0.338 e. The lowest BCUT2D eigenvalue weighted by molar-refractivity contribution is 0.376. The van der Waals surface area contributed by atoms with E-state index < -0.39 is 0 Å². The van der Waals surface area contributed by atoms with Crippen molar-refractivity contribution in [2.45, 2.75) is 37.7 Å². The summed E-state index contributed by atoms with van der Waals surface area (Å²) in [6.45, 7) is 6.64. The Hall–Kier alpha value is -1.86. The van der Waals surface area contributed by atoms with Crippen LogP contribution in [0.1, 0.15) is 30.8 Å². The Labute approximate surface area is 143 Å². The third-order valence-corrected chi connectivity index (χ3v) is 4.63. The zero-order valence-corrected chi connectivity index (χ0v) is 14.6. The number of nitrogens with zero attached hydrogens (tertiary/aromatic N) is 5. The maximum Gasteiger partial charge on any atom is 0.239 e. The molecule has 0 bridgehead atoms. The Morgan fingerprint density at radius 3 is 2.61 bits per heavy atom. The molecule has 0 amide bonds. The first-order valence-electron chi connectivity index (χ1n) is 7.24. The lowest BCUT2D eigenvalue weighted by atomic mass is 10.2. The van der Waals surface area contributed by atoms with E-state index in [9.17, 15) is 0 Å². The van der Waals surface area contributed by atoms with Gasteiger partial charge in [-0.05, 0) is 45.0 Å². The van der Waals surface area contributed by atoms with E-state index in [1.54, 1.807) is 18.7 Å². The first-order chi connectivity index (χ1) is 11.1. The molecule has 0 radical (unpaired) electrons. The van der Waals surface area contributed by atoms with Crippen molar-refractivity contribution in [3.05, 3.63) is 41.0 Å². The van der Waals surface area contributed by atoms with E-state index in [1.165, 1.54) is 0 Å². The van der Waals surface area contributed by atoms with Gasteiger partial charge in [-0.25, -0.2) is 0 Å². The molecule has 0 aliphatic rings. The van der Waals surface area contributed by atoms with Crippen LogP contribution in [-0.4, -0.2) is 24.9 Å².